The number of carbonyl (C=O) groups is 1. The number of benzene rings is 1. The third kappa shape index (κ3) is 2.48. The molecule has 0 N–H and O–H groups in total. The minimum atomic E-state index is -0.989. The third-order valence-corrected chi connectivity index (χ3v) is 3.59. The quantitative estimate of drug-likeness (QED) is 0.602. The zero-order chi connectivity index (χ0) is 11.7. The van der Waals surface area contributed by atoms with Crippen molar-refractivity contribution in [2.45, 2.75) is 25.7 Å². The zero-order valence-corrected chi connectivity index (χ0v) is 10.2. The van der Waals surface area contributed by atoms with E-state index in [1.165, 1.54) is 18.9 Å². The lowest BCUT2D eigenvalue weighted by molar-refractivity contribution is 0.0976. The molecule has 1 aliphatic carbocycles. The van der Waals surface area contributed by atoms with Crippen LogP contribution in [-0.2, 0) is 0 Å². The van der Waals surface area contributed by atoms with Crippen molar-refractivity contribution in [3.8, 4) is 0 Å². The van der Waals surface area contributed by atoms with Crippen LogP contribution in [0.5, 0.6) is 0 Å². The van der Waals surface area contributed by atoms with E-state index < -0.39 is 11.6 Å². The normalized spacial score (nSPS) is 15.2. The second-order valence-corrected chi connectivity index (χ2v) is 4.92. The van der Waals surface area contributed by atoms with Crippen LogP contribution in [0.15, 0.2) is 16.6 Å². The largest absolute Gasteiger partial charge is 0.294 e. The molecule has 1 aromatic rings. The number of hydrogen-bond acceptors (Lipinski definition) is 1. The molecule has 1 saturated carbocycles. The maximum absolute atomic E-state index is 13.2. The van der Waals surface area contributed by atoms with Crippen molar-refractivity contribution in [2.24, 2.45) is 5.92 Å². The van der Waals surface area contributed by atoms with Crippen molar-refractivity contribution in [3.63, 3.8) is 0 Å². The molecule has 4 heteroatoms. The highest BCUT2D eigenvalue weighted by Gasteiger charge is 2.23. The SMILES string of the molecule is O=C(CCC1CC1)c1ccc(F)c(F)c1Br. The molecule has 1 fully saturated rings. The molecule has 2 rings (SSSR count). The standard InChI is InChI=1S/C12H11BrF2O/c13-11-8(4-5-9(14)12(11)15)10(16)6-3-7-1-2-7/h4-5,7H,1-3,6H2. The van der Waals surface area contributed by atoms with Gasteiger partial charge in [0.1, 0.15) is 0 Å². The van der Waals surface area contributed by atoms with Crippen LogP contribution < -0.4 is 0 Å². The first-order valence-corrected chi connectivity index (χ1v) is 6.05. The molecule has 0 spiro atoms. The van der Waals surface area contributed by atoms with Gasteiger partial charge in [0.05, 0.1) is 4.47 Å². The maximum atomic E-state index is 13.2. The summed E-state index contributed by atoms with van der Waals surface area (Å²) in [5.41, 5.74) is 0.236. The predicted octanol–water partition coefficient (Wildman–Crippen LogP) is 4.10. The number of halogens is 3. The van der Waals surface area contributed by atoms with Crippen molar-refractivity contribution >= 4 is 21.7 Å². The van der Waals surface area contributed by atoms with Crippen molar-refractivity contribution in [3.05, 3.63) is 33.8 Å². The molecule has 0 aromatic heterocycles. The van der Waals surface area contributed by atoms with Gasteiger partial charge in [0, 0.05) is 12.0 Å². The van der Waals surface area contributed by atoms with Crippen molar-refractivity contribution < 1.29 is 13.6 Å². The second kappa shape index (κ2) is 4.62. The highest BCUT2D eigenvalue weighted by Crippen LogP contribution is 2.34. The smallest absolute Gasteiger partial charge is 0.173 e. The Kier molecular flexibility index (Phi) is 3.38. The van der Waals surface area contributed by atoms with Crippen molar-refractivity contribution in [1.29, 1.82) is 0 Å². The Balaban J connectivity index is 2.12. The van der Waals surface area contributed by atoms with Gasteiger partial charge in [-0.2, -0.15) is 0 Å². The van der Waals surface area contributed by atoms with Gasteiger partial charge in [0.25, 0.3) is 0 Å². The number of ketones is 1. The van der Waals surface area contributed by atoms with Crippen LogP contribution in [0.25, 0.3) is 0 Å². The number of Topliss-reactive ketones (excluding diaryl/α,β-unsaturated/α-hetero) is 1. The van der Waals surface area contributed by atoms with Gasteiger partial charge in [-0.3, -0.25) is 4.79 Å². The zero-order valence-electron chi connectivity index (χ0n) is 8.60. The fraction of sp³-hybridized carbons (Fsp3) is 0.417. The minimum absolute atomic E-state index is 0.0618. The van der Waals surface area contributed by atoms with E-state index in [1.807, 2.05) is 0 Å². The molecular formula is C12H11BrF2O. The molecule has 86 valence electrons. The van der Waals surface area contributed by atoms with Gasteiger partial charge in [0.2, 0.25) is 0 Å². The number of hydrogen-bond donors (Lipinski definition) is 0. The van der Waals surface area contributed by atoms with Crippen LogP contribution in [0.4, 0.5) is 8.78 Å². The van der Waals surface area contributed by atoms with E-state index in [9.17, 15) is 13.6 Å². The average molecular weight is 289 g/mol. The number of rotatable bonds is 4. The van der Waals surface area contributed by atoms with Crippen LogP contribution in [0.3, 0.4) is 0 Å². The summed E-state index contributed by atoms with van der Waals surface area (Å²) in [6.45, 7) is 0. The summed E-state index contributed by atoms with van der Waals surface area (Å²) in [5, 5.41) is 0. The molecule has 0 aliphatic heterocycles. The van der Waals surface area contributed by atoms with E-state index in [1.54, 1.807) is 0 Å². The lowest BCUT2D eigenvalue weighted by Crippen LogP contribution is -2.03. The first-order chi connectivity index (χ1) is 7.59. The Bertz CT molecular complexity index is 427. The average Bonchev–Trinajstić information content (AvgIpc) is 3.07. The van der Waals surface area contributed by atoms with Crippen LogP contribution in [0.2, 0.25) is 0 Å². The molecule has 1 aliphatic rings. The monoisotopic (exact) mass is 288 g/mol. The van der Waals surface area contributed by atoms with Crippen LogP contribution in [0.1, 0.15) is 36.0 Å². The molecule has 0 bridgehead atoms. The van der Waals surface area contributed by atoms with Gasteiger partial charge < -0.3 is 0 Å². The lowest BCUT2D eigenvalue weighted by Gasteiger charge is -2.04. The summed E-state index contributed by atoms with van der Waals surface area (Å²) in [4.78, 5) is 11.7. The second-order valence-electron chi connectivity index (χ2n) is 4.13. The van der Waals surface area contributed by atoms with Gasteiger partial charge in [-0.05, 0) is 40.4 Å². The first-order valence-electron chi connectivity index (χ1n) is 5.26. The van der Waals surface area contributed by atoms with Gasteiger partial charge in [-0.1, -0.05) is 12.8 Å². The van der Waals surface area contributed by atoms with Crippen LogP contribution in [0, 0.1) is 17.6 Å². The Morgan fingerprint density at radius 2 is 2.06 bits per heavy atom. The van der Waals surface area contributed by atoms with E-state index in [4.69, 9.17) is 0 Å². The summed E-state index contributed by atoms with van der Waals surface area (Å²) < 4.78 is 26.0. The van der Waals surface area contributed by atoms with E-state index in [0.717, 1.165) is 12.5 Å². The van der Waals surface area contributed by atoms with E-state index in [0.29, 0.717) is 12.3 Å². The Morgan fingerprint density at radius 3 is 2.69 bits per heavy atom. The van der Waals surface area contributed by atoms with E-state index in [-0.39, 0.29) is 15.8 Å². The van der Waals surface area contributed by atoms with Gasteiger partial charge in [-0.15, -0.1) is 0 Å². The molecule has 0 heterocycles. The summed E-state index contributed by atoms with van der Waals surface area (Å²) in [7, 11) is 0. The lowest BCUT2D eigenvalue weighted by atomic mass is 10.0. The summed E-state index contributed by atoms with van der Waals surface area (Å²) in [5.74, 6) is -1.39. The minimum Gasteiger partial charge on any atom is -0.294 e. The highest BCUT2D eigenvalue weighted by molar-refractivity contribution is 9.10. The molecule has 0 saturated heterocycles. The molecule has 0 radical (unpaired) electrons. The summed E-state index contributed by atoms with van der Waals surface area (Å²) in [6, 6.07) is 2.32. The van der Waals surface area contributed by atoms with E-state index in [2.05, 4.69) is 15.9 Å². The molecule has 0 unspecified atom stereocenters. The van der Waals surface area contributed by atoms with Gasteiger partial charge in [-0.25, -0.2) is 8.78 Å². The van der Waals surface area contributed by atoms with Gasteiger partial charge in [0.15, 0.2) is 17.4 Å². The predicted molar refractivity (Wildman–Crippen MR) is 60.3 cm³/mol. The first kappa shape index (κ1) is 11.7. The summed E-state index contributed by atoms with van der Waals surface area (Å²) in [6.07, 6.45) is 3.64. The van der Waals surface area contributed by atoms with Crippen LogP contribution in [-0.4, -0.2) is 5.78 Å². The maximum Gasteiger partial charge on any atom is 0.173 e. The number of carbonyl (C=O) groups excluding carboxylic acids is 1. The fourth-order valence-electron chi connectivity index (χ4n) is 1.62. The molecule has 0 atom stereocenters. The third-order valence-electron chi connectivity index (χ3n) is 2.81. The van der Waals surface area contributed by atoms with Gasteiger partial charge >= 0.3 is 0 Å². The Labute approximate surface area is 101 Å². The molecular weight excluding hydrogens is 278 g/mol. The van der Waals surface area contributed by atoms with E-state index >= 15 is 0 Å². The molecule has 16 heavy (non-hydrogen) atoms. The Hall–Kier alpha value is -0.770. The fourth-order valence-corrected chi connectivity index (χ4v) is 2.16. The highest BCUT2D eigenvalue weighted by atomic mass is 79.9. The van der Waals surface area contributed by atoms with Crippen LogP contribution >= 0.6 is 15.9 Å². The topological polar surface area (TPSA) is 17.1 Å². The molecule has 0 amide bonds. The van der Waals surface area contributed by atoms with Crippen molar-refractivity contribution in [1.82, 2.24) is 0 Å². The molecule has 1 aromatic carbocycles. The molecule has 1 nitrogen and oxygen atoms in total. The van der Waals surface area contributed by atoms with Crippen molar-refractivity contribution in [2.75, 3.05) is 0 Å². The Morgan fingerprint density at radius 1 is 1.38 bits per heavy atom. The summed E-state index contributed by atoms with van der Waals surface area (Å²) >= 11 is 2.92.